The Morgan fingerprint density at radius 3 is 2.47 bits per heavy atom. The Kier molecular flexibility index (Phi) is 6.41. The third-order valence-electron chi connectivity index (χ3n) is 5.37. The van der Waals surface area contributed by atoms with Gasteiger partial charge in [-0.05, 0) is 36.4 Å². The third kappa shape index (κ3) is 4.73. The highest BCUT2D eigenvalue weighted by Gasteiger charge is 2.48. The zero-order chi connectivity index (χ0) is 23.8. The minimum Gasteiger partial charge on any atom is -0.484 e. The van der Waals surface area contributed by atoms with Crippen LogP contribution in [0, 0.1) is 11.6 Å². The molecule has 0 spiro atoms. The molecule has 0 amide bonds. The van der Waals surface area contributed by atoms with Gasteiger partial charge < -0.3 is 30.0 Å². The monoisotopic (exact) mass is 510 g/mol. The van der Waals surface area contributed by atoms with Gasteiger partial charge in [0.25, 0.3) is 0 Å². The molecular formula is C22H18Cl2F2N4O4. The zero-order valence-corrected chi connectivity index (χ0v) is 18.9. The quantitative estimate of drug-likeness (QED) is 0.447. The number of rotatable bonds is 6. The highest BCUT2D eigenvalue weighted by Crippen LogP contribution is 2.34. The van der Waals surface area contributed by atoms with Gasteiger partial charge in [-0.2, -0.15) is 4.98 Å². The summed E-state index contributed by atoms with van der Waals surface area (Å²) >= 11 is 12.2. The number of fused-ring (bicyclic) bond motifs is 1. The van der Waals surface area contributed by atoms with Crippen LogP contribution in [-0.4, -0.2) is 52.7 Å². The molecule has 3 N–H and O–H groups in total. The smallest absolute Gasteiger partial charge is 0.229 e. The Hall–Kier alpha value is -2.76. The summed E-state index contributed by atoms with van der Waals surface area (Å²) in [6.07, 6.45) is -0.886. The lowest BCUT2D eigenvalue weighted by atomic mass is 10.1. The highest BCUT2D eigenvalue weighted by molar-refractivity contribution is 6.32. The van der Waals surface area contributed by atoms with E-state index < -0.39 is 29.9 Å². The first kappa shape index (κ1) is 23.0. The average Bonchev–Trinajstić information content (AvgIpc) is 3.38. The lowest BCUT2D eigenvalue weighted by Crippen LogP contribution is -2.34. The molecule has 5 rings (SSSR count). The van der Waals surface area contributed by atoms with Gasteiger partial charge >= 0.3 is 0 Å². The van der Waals surface area contributed by atoms with Crippen LogP contribution in [0.4, 0.5) is 31.9 Å². The van der Waals surface area contributed by atoms with E-state index in [1.54, 1.807) is 18.2 Å². The number of hydrogen-bond acceptors (Lipinski definition) is 8. The van der Waals surface area contributed by atoms with Crippen LogP contribution in [0.1, 0.15) is 0 Å². The van der Waals surface area contributed by atoms with Crippen LogP contribution < -0.4 is 15.4 Å². The Morgan fingerprint density at radius 2 is 1.68 bits per heavy atom. The Bertz CT molecular complexity index is 1220. The number of hydrogen-bond donors (Lipinski definition) is 3. The summed E-state index contributed by atoms with van der Waals surface area (Å²) in [5.41, 5.74) is 0.893. The number of ether oxygens (including phenoxy) is 3. The third-order valence-corrected chi connectivity index (χ3v) is 5.96. The molecule has 0 bridgehead atoms. The summed E-state index contributed by atoms with van der Waals surface area (Å²) < 4.78 is 44.7. The first-order chi connectivity index (χ1) is 16.4. The molecule has 1 aromatic heterocycles. The van der Waals surface area contributed by atoms with Crippen LogP contribution >= 0.6 is 23.2 Å². The zero-order valence-electron chi connectivity index (χ0n) is 17.3. The number of nitrogens with one attached hydrogen (secondary N) is 2. The van der Waals surface area contributed by atoms with Gasteiger partial charge in [0.2, 0.25) is 5.95 Å². The van der Waals surface area contributed by atoms with Crippen molar-refractivity contribution in [1.82, 2.24) is 9.97 Å². The fourth-order valence-corrected chi connectivity index (χ4v) is 4.14. The standard InChI is InChI=1S/C22H18Cl2F2N4O4/c23-12-5-11(1-3-14(12)25)29-22-27-7-15(26)21(30-22)28-10-2-4-17(13(24)6-10)34-18-9-33-19-16(31)8-32-20(18)19/h1-7,16,18-20,31H,8-9H2,(H2,27,28,29,30)/t16-,18-,19+,20+/m0/s1. The summed E-state index contributed by atoms with van der Waals surface area (Å²) in [5.74, 6) is -0.883. The van der Waals surface area contributed by atoms with Crippen molar-refractivity contribution >= 4 is 46.3 Å². The summed E-state index contributed by atoms with van der Waals surface area (Å²) in [6, 6.07) is 8.84. The second-order valence-corrected chi connectivity index (χ2v) is 8.55. The molecule has 3 aromatic rings. The van der Waals surface area contributed by atoms with Crippen molar-refractivity contribution in [3.05, 3.63) is 64.3 Å². The second kappa shape index (κ2) is 9.47. The molecule has 0 unspecified atom stereocenters. The fourth-order valence-electron chi connectivity index (χ4n) is 3.74. The van der Waals surface area contributed by atoms with Crippen molar-refractivity contribution < 1.29 is 28.1 Å². The van der Waals surface area contributed by atoms with Crippen molar-refractivity contribution in [2.75, 3.05) is 23.8 Å². The van der Waals surface area contributed by atoms with E-state index in [2.05, 4.69) is 20.6 Å². The van der Waals surface area contributed by atoms with Gasteiger partial charge in [0.05, 0.1) is 29.5 Å². The van der Waals surface area contributed by atoms with E-state index in [4.69, 9.17) is 37.4 Å². The molecule has 0 saturated carbocycles. The van der Waals surface area contributed by atoms with Gasteiger partial charge in [-0.25, -0.2) is 13.8 Å². The topological polar surface area (TPSA) is 97.8 Å². The average molecular weight is 511 g/mol. The van der Waals surface area contributed by atoms with E-state index in [0.29, 0.717) is 17.1 Å². The number of halogens is 4. The maximum atomic E-state index is 14.3. The van der Waals surface area contributed by atoms with Gasteiger partial charge in [0.15, 0.2) is 17.7 Å². The van der Waals surface area contributed by atoms with Crippen LogP contribution in [0.15, 0.2) is 42.6 Å². The fraction of sp³-hybridized carbons (Fsp3) is 0.273. The minimum atomic E-state index is -0.690. The largest absolute Gasteiger partial charge is 0.484 e. The van der Waals surface area contributed by atoms with Crippen molar-refractivity contribution in [2.24, 2.45) is 0 Å². The number of aliphatic hydroxyl groups excluding tert-OH is 1. The molecule has 2 fully saturated rings. The molecule has 34 heavy (non-hydrogen) atoms. The van der Waals surface area contributed by atoms with Crippen molar-refractivity contribution in [3.63, 3.8) is 0 Å². The molecule has 2 aromatic carbocycles. The number of aliphatic hydroxyl groups is 1. The van der Waals surface area contributed by atoms with E-state index in [0.717, 1.165) is 6.20 Å². The molecule has 178 valence electrons. The molecule has 2 aliphatic heterocycles. The van der Waals surface area contributed by atoms with E-state index in [1.807, 2.05) is 0 Å². The van der Waals surface area contributed by atoms with E-state index in [1.165, 1.54) is 18.2 Å². The van der Waals surface area contributed by atoms with Gasteiger partial charge in [0, 0.05) is 11.4 Å². The summed E-state index contributed by atoms with van der Waals surface area (Å²) in [4.78, 5) is 8.00. The van der Waals surface area contributed by atoms with Crippen LogP contribution in [0.3, 0.4) is 0 Å². The van der Waals surface area contributed by atoms with Gasteiger partial charge in [-0.3, -0.25) is 0 Å². The second-order valence-electron chi connectivity index (χ2n) is 7.73. The van der Waals surface area contributed by atoms with E-state index in [-0.39, 0.29) is 41.1 Å². The lowest BCUT2D eigenvalue weighted by Gasteiger charge is -2.19. The highest BCUT2D eigenvalue weighted by atomic mass is 35.5. The molecule has 2 aliphatic rings. The van der Waals surface area contributed by atoms with Crippen molar-refractivity contribution in [3.8, 4) is 5.75 Å². The summed E-state index contributed by atoms with van der Waals surface area (Å²) in [5, 5.41) is 15.8. The first-order valence-electron chi connectivity index (χ1n) is 10.3. The first-order valence-corrected chi connectivity index (χ1v) is 11.0. The van der Waals surface area contributed by atoms with Crippen LogP contribution in [-0.2, 0) is 9.47 Å². The van der Waals surface area contributed by atoms with Crippen molar-refractivity contribution in [1.29, 1.82) is 0 Å². The predicted molar refractivity (Wildman–Crippen MR) is 121 cm³/mol. The maximum Gasteiger partial charge on any atom is 0.229 e. The molecule has 2 saturated heterocycles. The van der Waals surface area contributed by atoms with E-state index in [9.17, 15) is 13.9 Å². The van der Waals surface area contributed by atoms with Gasteiger partial charge in [-0.15, -0.1) is 0 Å². The molecular weight excluding hydrogens is 493 g/mol. The Labute approximate surface area is 202 Å². The SMILES string of the molecule is O[C@H]1CO[C@H]2[C@@H]1OC[C@@H]2Oc1ccc(Nc2nc(Nc3ccc(F)c(Cl)c3)ncc2F)cc1Cl. The number of benzene rings is 2. The predicted octanol–water partition coefficient (Wildman–Crippen LogP) is 4.45. The normalized spacial score (nSPS) is 23.6. The molecule has 0 aliphatic carbocycles. The van der Waals surface area contributed by atoms with Crippen LogP contribution in [0.25, 0.3) is 0 Å². The number of anilines is 4. The lowest BCUT2D eigenvalue weighted by molar-refractivity contribution is 0.00865. The Morgan fingerprint density at radius 1 is 0.941 bits per heavy atom. The van der Waals surface area contributed by atoms with Crippen molar-refractivity contribution in [2.45, 2.75) is 24.4 Å². The molecule has 8 nitrogen and oxygen atoms in total. The van der Waals surface area contributed by atoms with Gasteiger partial charge in [0.1, 0.15) is 29.9 Å². The number of aromatic nitrogens is 2. The number of nitrogens with zero attached hydrogens (tertiary/aromatic N) is 2. The van der Waals surface area contributed by atoms with Crippen LogP contribution in [0.5, 0.6) is 5.75 Å². The summed E-state index contributed by atoms with van der Waals surface area (Å²) in [7, 11) is 0. The van der Waals surface area contributed by atoms with Gasteiger partial charge in [-0.1, -0.05) is 23.2 Å². The summed E-state index contributed by atoms with van der Waals surface area (Å²) in [6.45, 7) is 0.464. The van der Waals surface area contributed by atoms with E-state index >= 15 is 0 Å². The molecule has 0 radical (unpaired) electrons. The minimum absolute atomic E-state index is 0.0715. The Balaban J connectivity index is 1.28. The molecule has 4 atom stereocenters. The van der Waals surface area contributed by atoms with Crippen LogP contribution in [0.2, 0.25) is 10.0 Å². The molecule has 3 heterocycles. The molecule has 12 heteroatoms. The maximum absolute atomic E-state index is 14.3.